The van der Waals surface area contributed by atoms with Crippen molar-refractivity contribution in [3.05, 3.63) is 89.7 Å². The van der Waals surface area contributed by atoms with E-state index in [4.69, 9.17) is 4.74 Å². The van der Waals surface area contributed by atoms with Crippen molar-refractivity contribution in [3.8, 4) is 17.6 Å². The van der Waals surface area contributed by atoms with Crippen LogP contribution in [-0.4, -0.2) is 72.5 Å². The zero-order chi connectivity index (χ0) is 28.0. The number of nitrogens with zero attached hydrogens (tertiary/aromatic N) is 3. The minimum Gasteiger partial charge on any atom is -0.487 e. The van der Waals surface area contributed by atoms with Gasteiger partial charge in [-0.15, -0.1) is 0 Å². The van der Waals surface area contributed by atoms with Gasteiger partial charge in [-0.25, -0.2) is 8.42 Å². The van der Waals surface area contributed by atoms with Crippen LogP contribution in [0.5, 0.6) is 5.75 Å². The third-order valence-corrected chi connectivity index (χ3v) is 8.75. The van der Waals surface area contributed by atoms with Crippen LogP contribution >= 0.6 is 0 Å². The van der Waals surface area contributed by atoms with E-state index in [9.17, 15) is 18.3 Å². The molecule has 204 valence electrons. The molecule has 0 bridgehead atoms. The Labute approximate surface area is 230 Å². The van der Waals surface area contributed by atoms with Gasteiger partial charge in [-0.3, -0.25) is 9.78 Å². The summed E-state index contributed by atoms with van der Waals surface area (Å²) in [5, 5.41) is 9.85. The van der Waals surface area contributed by atoms with E-state index in [1.165, 1.54) is 10.4 Å². The van der Waals surface area contributed by atoms with Crippen LogP contribution < -0.4 is 4.74 Å². The van der Waals surface area contributed by atoms with E-state index in [-0.39, 0.29) is 48.6 Å². The van der Waals surface area contributed by atoms with Gasteiger partial charge in [0.1, 0.15) is 16.7 Å². The maximum absolute atomic E-state index is 13.7. The number of likely N-dealkylation sites (N-methyl/N-ethyl adjacent to an activating group) is 1. The molecular formula is C30H33N3O5S. The molecule has 1 N–H and O–H groups in total. The molecule has 1 aliphatic rings. The Hall–Kier alpha value is -3.71. The molecule has 0 saturated carbocycles. The van der Waals surface area contributed by atoms with Gasteiger partial charge in [0.15, 0.2) is 0 Å². The number of sulfonamides is 1. The molecule has 0 unspecified atom stereocenters. The number of carbonyl (C=O) groups excluding carboxylic acids is 1. The summed E-state index contributed by atoms with van der Waals surface area (Å²) in [5.74, 6) is 5.93. The summed E-state index contributed by atoms with van der Waals surface area (Å²) in [4.78, 5) is 18.8. The number of amides is 1. The molecule has 39 heavy (non-hydrogen) atoms. The molecule has 1 amide bonds. The van der Waals surface area contributed by atoms with E-state index in [1.54, 1.807) is 49.3 Å². The van der Waals surface area contributed by atoms with Gasteiger partial charge in [0, 0.05) is 48.6 Å². The van der Waals surface area contributed by atoms with E-state index in [1.807, 2.05) is 43.3 Å². The number of pyridine rings is 1. The van der Waals surface area contributed by atoms with E-state index in [2.05, 4.69) is 16.8 Å². The molecule has 2 heterocycles. The average molecular weight is 548 g/mol. The Morgan fingerprint density at radius 3 is 2.54 bits per heavy atom. The summed E-state index contributed by atoms with van der Waals surface area (Å²) in [6, 6.07) is 19.1. The van der Waals surface area contributed by atoms with Gasteiger partial charge in [0.05, 0.1) is 19.6 Å². The fourth-order valence-electron chi connectivity index (χ4n) is 4.35. The molecule has 3 atom stereocenters. The zero-order valence-corrected chi connectivity index (χ0v) is 23.1. The first kappa shape index (κ1) is 28.3. The summed E-state index contributed by atoms with van der Waals surface area (Å²) in [6.45, 7) is 3.61. The van der Waals surface area contributed by atoms with Gasteiger partial charge in [-0.1, -0.05) is 43.0 Å². The van der Waals surface area contributed by atoms with Crippen LogP contribution in [0.1, 0.15) is 30.7 Å². The van der Waals surface area contributed by atoms with Gasteiger partial charge < -0.3 is 14.7 Å². The number of aromatic nitrogens is 1. The SMILES string of the molecule is C[C@@H]1CN([C@@H](C)CO)S(=O)(=O)c2ccc(C#Cc3ccccc3)cc2O[C@@H]1CN(C)C(=O)Cc1ccccn1. The van der Waals surface area contributed by atoms with Crippen molar-refractivity contribution in [1.29, 1.82) is 0 Å². The third-order valence-electron chi connectivity index (χ3n) is 6.73. The summed E-state index contributed by atoms with van der Waals surface area (Å²) in [5.41, 5.74) is 2.10. The van der Waals surface area contributed by atoms with Gasteiger partial charge in [-0.05, 0) is 49.4 Å². The van der Waals surface area contributed by atoms with Crippen molar-refractivity contribution < 1.29 is 23.1 Å². The van der Waals surface area contributed by atoms with Crippen molar-refractivity contribution >= 4 is 15.9 Å². The van der Waals surface area contributed by atoms with Crippen molar-refractivity contribution in [1.82, 2.24) is 14.2 Å². The average Bonchev–Trinajstić information content (AvgIpc) is 2.94. The summed E-state index contributed by atoms with van der Waals surface area (Å²) < 4.78 is 35.0. The van der Waals surface area contributed by atoms with Gasteiger partial charge >= 0.3 is 0 Å². The Morgan fingerprint density at radius 1 is 1.13 bits per heavy atom. The predicted molar refractivity (Wildman–Crippen MR) is 148 cm³/mol. The number of hydrogen-bond acceptors (Lipinski definition) is 6. The molecular weight excluding hydrogens is 514 g/mol. The maximum atomic E-state index is 13.7. The number of aliphatic hydroxyl groups excluding tert-OH is 1. The van der Waals surface area contributed by atoms with Crippen LogP contribution in [0.15, 0.2) is 77.8 Å². The second-order valence-corrected chi connectivity index (χ2v) is 11.6. The first-order valence-corrected chi connectivity index (χ1v) is 14.3. The minimum atomic E-state index is -3.97. The first-order valence-electron chi connectivity index (χ1n) is 12.8. The largest absolute Gasteiger partial charge is 0.487 e. The Balaban J connectivity index is 1.67. The number of rotatable bonds is 6. The number of benzene rings is 2. The minimum absolute atomic E-state index is 0.00688. The van der Waals surface area contributed by atoms with Crippen LogP contribution in [0, 0.1) is 17.8 Å². The van der Waals surface area contributed by atoms with Crippen LogP contribution in [0.25, 0.3) is 0 Å². The molecule has 0 aliphatic carbocycles. The molecule has 3 aromatic rings. The van der Waals surface area contributed by atoms with Crippen LogP contribution in [0.4, 0.5) is 0 Å². The van der Waals surface area contributed by atoms with Gasteiger partial charge in [0.2, 0.25) is 15.9 Å². The molecule has 8 nitrogen and oxygen atoms in total. The highest BCUT2D eigenvalue weighted by Gasteiger charge is 2.38. The number of aliphatic hydroxyl groups is 1. The number of ether oxygens (including phenoxy) is 1. The highest BCUT2D eigenvalue weighted by molar-refractivity contribution is 7.89. The fourth-order valence-corrected chi connectivity index (χ4v) is 6.18. The predicted octanol–water partition coefficient (Wildman–Crippen LogP) is 2.95. The molecule has 9 heteroatoms. The van der Waals surface area contributed by atoms with Gasteiger partial charge in [-0.2, -0.15) is 4.31 Å². The lowest BCUT2D eigenvalue weighted by Gasteiger charge is -2.37. The van der Waals surface area contributed by atoms with Gasteiger partial charge in [0.25, 0.3) is 0 Å². The standard InChI is InChI=1S/C30H33N3O5S/c1-22-19-33(23(2)21-34)39(36,37)29-15-14-25(13-12-24-9-5-4-6-10-24)17-27(29)38-28(22)20-32(3)30(35)18-26-11-7-8-16-31-26/h4-11,14-17,22-23,28,34H,18-21H2,1-3H3/t22-,23+,28-/m1/s1. The van der Waals surface area contributed by atoms with Crippen molar-refractivity contribution in [2.75, 3.05) is 26.7 Å². The molecule has 0 radical (unpaired) electrons. The summed E-state index contributed by atoms with van der Waals surface area (Å²) in [6.07, 6.45) is 1.29. The molecule has 4 rings (SSSR count). The van der Waals surface area contributed by atoms with Crippen molar-refractivity contribution in [2.24, 2.45) is 5.92 Å². The van der Waals surface area contributed by atoms with E-state index in [0.29, 0.717) is 11.3 Å². The summed E-state index contributed by atoms with van der Waals surface area (Å²) >= 11 is 0. The molecule has 0 fully saturated rings. The summed E-state index contributed by atoms with van der Waals surface area (Å²) in [7, 11) is -2.27. The Morgan fingerprint density at radius 2 is 1.85 bits per heavy atom. The van der Waals surface area contributed by atoms with Crippen molar-refractivity contribution in [3.63, 3.8) is 0 Å². The lowest BCUT2D eigenvalue weighted by atomic mass is 10.0. The normalized spacial score (nSPS) is 19.3. The number of carbonyl (C=O) groups is 1. The lowest BCUT2D eigenvalue weighted by molar-refractivity contribution is -0.130. The second kappa shape index (κ2) is 12.4. The lowest BCUT2D eigenvalue weighted by Crippen LogP contribution is -2.50. The van der Waals surface area contributed by atoms with Crippen molar-refractivity contribution in [2.45, 2.75) is 37.3 Å². The molecule has 2 aromatic carbocycles. The third kappa shape index (κ3) is 6.84. The highest BCUT2D eigenvalue weighted by atomic mass is 32.2. The highest BCUT2D eigenvalue weighted by Crippen LogP contribution is 2.34. The fraction of sp³-hybridized carbons (Fsp3) is 0.333. The smallest absolute Gasteiger partial charge is 0.247 e. The number of hydrogen-bond donors (Lipinski definition) is 1. The molecule has 0 spiro atoms. The Bertz CT molecular complexity index is 1450. The maximum Gasteiger partial charge on any atom is 0.247 e. The first-order chi connectivity index (χ1) is 18.7. The Kier molecular flexibility index (Phi) is 9.02. The zero-order valence-electron chi connectivity index (χ0n) is 22.3. The van der Waals surface area contributed by atoms with E-state index >= 15 is 0 Å². The van der Waals surface area contributed by atoms with Crippen LogP contribution in [0.3, 0.4) is 0 Å². The van der Waals surface area contributed by atoms with E-state index in [0.717, 1.165) is 5.56 Å². The topological polar surface area (TPSA) is 100 Å². The number of fused-ring (bicyclic) bond motifs is 1. The molecule has 0 saturated heterocycles. The van der Waals surface area contributed by atoms with Crippen LogP contribution in [-0.2, 0) is 21.2 Å². The quantitative estimate of drug-likeness (QED) is 0.477. The van der Waals surface area contributed by atoms with E-state index < -0.39 is 22.2 Å². The monoisotopic (exact) mass is 547 g/mol. The van der Waals surface area contributed by atoms with Crippen LogP contribution in [0.2, 0.25) is 0 Å². The molecule has 1 aliphatic heterocycles. The second-order valence-electron chi connectivity index (χ2n) is 9.79. The molecule has 1 aromatic heterocycles.